The van der Waals surface area contributed by atoms with Crippen LogP contribution in [-0.4, -0.2) is 4.98 Å². The van der Waals surface area contributed by atoms with Crippen LogP contribution >= 0.6 is 0 Å². The Bertz CT molecular complexity index is 655. The van der Waals surface area contributed by atoms with Crippen LogP contribution in [0, 0.1) is 11.3 Å². The molecule has 0 aliphatic heterocycles. The summed E-state index contributed by atoms with van der Waals surface area (Å²) in [5, 5.41) is 10.5. The van der Waals surface area contributed by atoms with E-state index >= 15 is 0 Å². The van der Waals surface area contributed by atoms with Crippen molar-refractivity contribution in [2.45, 2.75) is 52.4 Å². The predicted octanol–water partition coefficient (Wildman–Crippen LogP) is 4.63. The molecule has 2 aromatic rings. The molecule has 0 unspecified atom stereocenters. The molecule has 0 spiro atoms. The smallest absolute Gasteiger partial charge is 0.101 e. The average Bonchev–Trinajstić information content (AvgIpc) is 2.69. The fourth-order valence-electron chi connectivity index (χ4n) is 2.17. The maximum absolute atomic E-state index is 9.37. The number of nitrogens with zero attached hydrogens (tertiary/aromatic N) is 1. The second kappa shape index (κ2) is 4.13. The maximum Gasteiger partial charge on any atom is 0.101 e. The van der Waals surface area contributed by atoms with Crippen LogP contribution in [0.5, 0.6) is 0 Å². The molecule has 0 aliphatic carbocycles. The van der Waals surface area contributed by atoms with Crippen molar-refractivity contribution in [1.82, 2.24) is 4.98 Å². The number of nitrogens with one attached hydrogen (secondary N) is 1. The lowest BCUT2D eigenvalue weighted by Crippen LogP contribution is -2.11. The summed E-state index contributed by atoms with van der Waals surface area (Å²) in [7, 11) is 0. The molecule has 0 radical (unpaired) electrons. The van der Waals surface area contributed by atoms with Gasteiger partial charge in [0, 0.05) is 16.5 Å². The maximum atomic E-state index is 9.37. The minimum Gasteiger partial charge on any atom is -0.357 e. The van der Waals surface area contributed by atoms with Crippen LogP contribution in [0.1, 0.15) is 58.4 Å². The van der Waals surface area contributed by atoms with Crippen molar-refractivity contribution < 1.29 is 0 Å². The third kappa shape index (κ3) is 2.51. The van der Waals surface area contributed by atoms with Crippen molar-refractivity contribution >= 4 is 10.9 Å². The highest BCUT2D eigenvalue weighted by Gasteiger charge is 2.20. The minimum absolute atomic E-state index is 0.0545. The number of nitriles is 1. The van der Waals surface area contributed by atoms with Gasteiger partial charge in [0.1, 0.15) is 6.07 Å². The molecule has 1 aromatic heterocycles. The van der Waals surface area contributed by atoms with Crippen LogP contribution in [-0.2, 0) is 10.8 Å². The molecular weight excluding hydrogens is 232 g/mol. The highest BCUT2D eigenvalue weighted by atomic mass is 14.7. The zero-order chi connectivity index (χ0) is 14.4. The molecule has 1 heterocycles. The van der Waals surface area contributed by atoms with Gasteiger partial charge in [0.15, 0.2) is 0 Å². The Morgan fingerprint density at radius 1 is 0.947 bits per heavy atom. The zero-order valence-electron chi connectivity index (χ0n) is 12.7. The molecule has 1 N–H and O–H groups in total. The van der Waals surface area contributed by atoms with Crippen LogP contribution in [0.3, 0.4) is 0 Å². The first-order valence-corrected chi connectivity index (χ1v) is 6.71. The van der Waals surface area contributed by atoms with E-state index in [-0.39, 0.29) is 10.8 Å². The van der Waals surface area contributed by atoms with E-state index in [0.717, 1.165) is 16.5 Å². The Hall–Kier alpha value is -1.75. The van der Waals surface area contributed by atoms with Crippen LogP contribution in [0.25, 0.3) is 10.9 Å². The van der Waals surface area contributed by atoms with Crippen LogP contribution in [0.15, 0.2) is 18.2 Å². The molecule has 0 atom stereocenters. The van der Waals surface area contributed by atoms with Gasteiger partial charge in [0.25, 0.3) is 0 Å². The van der Waals surface area contributed by atoms with Crippen molar-refractivity contribution in [2.75, 3.05) is 0 Å². The summed E-state index contributed by atoms with van der Waals surface area (Å²) in [6.45, 7) is 13.0. The lowest BCUT2D eigenvalue weighted by molar-refractivity contribution is 0.574. The topological polar surface area (TPSA) is 39.6 Å². The number of rotatable bonds is 0. The van der Waals surface area contributed by atoms with Crippen molar-refractivity contribution in [3.8, 4) is 6.07 Å². The lowest BCUT2D eigenvalue weighted by Gasteiger charge is -2.19. The van der Waals surface area contributed by atoms with Crippen molar-refractivity contribution in [3.63, 3.8) is 0 Å². The molecule has 2 heteroatoms. The Kier molecular flexibility index (Phi) is 2.97. The normalized spacial score (nSPS) is 12.7. The van der Waals surface area contributed by atoms with E-state index in [9.17, 15) is 5.26 Å². The van der Waals surface area contributed by atoms with Gasteiger partial charge >= 0.3 is 0 Å². The van der Waals surface area contributed by atoms with Crippen molar-refractivity contribution in [1.29, 1.82) is 5.26 Å². The summed E-state index contributed by atoms with van der Waals surface area (Å²) in [6.07, 6.45) is 0. The largest absolute Gasteiger partial charge is 0.357 e. The molecule has 0 bridgehead atoms. The molecule has 100 valence electrons. The summed E-state index contributed by atoms with van der Waals surface area (Å²) in [5.41, 5.74) is 4.19. The van der Waals surface area contributed by atoms with E-state index in [1.165, 1.54) is 11.3 Å². The molecule has 19 heavy (non-hydrogen) atoms. The molecular formula is C17H22N2. The number of hydrogen-bond donors (Lipinski definition) is 1. The number of hydrogen-bond acceptors (Lipinski definition) is 1. The van der Waals surface area contributed by atoms with E-state index in [1.807, 2.05) is 6.07 Å². The Morgan fingerprint density at radius 3 is 2.05 bits per heavy atom. The highest BCUT2D eigenvalue weighted by molar-refractivity contribution is 5.87. The second-order valence-electron chi connectivity index (χ2n) is 7.28. The van der Waals surface area contributed by atoms with E-state index in [2.05, 4.69) is 64.7 Å². The zero-order valence-corrected chi connectivity index (χ0v) is 12.7. The number of benzene rings is 1. The van der Waals surface area contributed by atoms with Gasteiger partial charge in [-0.05, 0) is 29.2 Å². The third-order valence-corrected chi connectivity index (χ3v) is 3.52. The number of fused-ring (bicyclic) bond motifs is 1. The van der Waals surface area contributed by atoms with Gasteiger partial charge in [0.2, 0.25) is 0 Å². The number of H-pyrrole nitrogens is 1. The second-order valence-corrected chi connectivity index (χ2v) is 7.28. The number of aromatic amines is 1. The quantitative estimate of drug-likeness (QED) is 0.731. The fraction of sp³-hybridized carbons (Fsp3) is 0.471. The standard InChI is InChI=1S/C17H22N2/c1-16(2,3)13-7-11-9-14(17(4,5)6)19-15(11)12(8-13)10-18/h7-9,19H,1-6H3. The molecule has 0 fully saturated rings. The number of aromatic nitrogens is 1. The minimum atomic E-state index is 0.0545. The molecule has 0 saturated carbocycles. The summed E-state index contributed by atoms with van der Waals surface area (Å²) < 4.78 is 0. The summed E-state index contributed by atoms with van der Waals surface area (Å²) >= 11 is 0. The van der Waals surface area contributed by atoms with E-state index < -0.39 is 0 Å². The monoisotopic (exact) mass is 254 g/mol. The van der Waals surface area contributed by atoms with Crippen molar-refractivity contribution in [2.24, 2.45) is 0 Å². The fourth-order valence-corrected chi connectivity index (χ4v) is 2.17. The van der Waals surface area contributed by atoms with Gasteiger partial charge in [-0.15, -0.1) is 0 Å². The molecule has 2 rings (SSSR count). The van der Waals surface area contributed by atoms with Gasteiger partial charge in [-0.3, -0.25) is 0 Å². The van der Waals surface area contributed by atoms with Crippen LogP contribution < -0.4 is 0 Å². The molecule has 0 aliphatic rings. The Labute approximate surface area is 115 Å². The summed E-state index contributed by atoms with van der Waals surface area (Å²) in [6, 6.07) is 8.69. The van der Waals surface area contributed by atoms with Gasteiger partial charge < -0.3 is 4.98 Å². The Balaban J connectivity index is 2.75. The van der Waals surface area contributed by atoms with Gasteiger partial charge in [-0.25, -0.2) is 0 Å². The van der Waals surface area contributed by atoms with E-state index in [0.29, 0.717) is 0 Å². The van der Waals surface area contributed by atoms with Crippen LogP contribution in [0.2, 0.25) is 0 Å². The molecule has 1 aromatic carbocycles. The predicted molar refractivity (Wildman–Crippen MR) is 80.4 cm³/mol. The van der Waals surface area contributed by atoms with Gasteiger partial charge in [-0.2, -0.15) is 5.26 Å². The molecule has 0 saturated heterocycles. The van der Waals surface area contributed by atoms with Gasteiger partial charge in [0.05, 0.1) is 11.1 Å². The summed E-state index contributed by atoms with van der Waals surface area (Å²) in [4.78, 5) is 3.41. The third-order valence-electron chi connectivity index (χ3n) is 3.52. The van der Waals surface area contributed by atoms with E-state index in [4.69, 9.17) is 0 Å². The lowest BCUT2D eigenvalue weighted by atomic mass is 9.85. The Morgan fingerprint density at radius 2 is 1.58 bits per heavy atom. The first-order chi connectivity index (χ1) is 8.63. The van der Waals surface area contributed by atoms with Crippen molar-refractivity contribution in [3.05, 3.63) is 35.0 Å². The molecule has 2 nitrogen and oxygen atoms in total. The first-order valence-electron chi connectivity index (χ1n) is 6.71. The van der Waals surface area contributed by atoms with Crippen LogP contribution in [0.4, 0.5) is 0 Å². The van der Waals surface area contributed by atoms with E-state index in [1.54, 1.807) is 0 Å². The summed E-state index contributed by atoms with van der Waals surface area (Å²) in [5.74, 6) is 0. The average molecular weight is 254 g/mol. The SMILES string of the molecule is CC(C)(C)c1cc(C#N)c2[nH]c(C(C)(C)C)cc2c1. The van der Waals surface area contributed by atoms with Gasteiger partial charge in [-0.1, -0.05) is 41.5 Å². The highest BCUT2D eigenvalue weighted by Crippen LogP contribution is 2.32. The first kappa shape index (κ1) is 13.7. The molecule has 0 amide bonds.